The molecule has 0 bridgehead atoms. The van der Waals surface area contributed by atoms with Gasteiger partial charge in [-0.2, -0.15) is 5.10 Å². The standard InChI is InChI=1S/C13H14N4O3/c14-12(18)8-20-11-3-1-10(2-4-11)13(19)15-5-9-6-16-17-7-9/h1-4,6-7H,5,8H2,(H2,14,18)(H,15,19)(H,16,17). The molecule has 7 heteroatoms. The average molecular weight is 274 g/mol. The molecule has 0 saturated heterocycles. The predicted octanol–water partition coefficient (Wildman–Crippen LogP) is 0.204. The van der Waals surface area contributed by atoms with E-state index in [1.807, 2.05) is 0 Å². The molecule has 0 aliphatic carbocycles. The van der Waals surface area contributed by atoms with Crippen LogP contribution < -0.4 is 15.8 Å². The molecular formula is C13H14N4O3. The summed E-state index contributed by atoms with van der Waals surface area (Å²) in [5.41, 5.74) is 6.36. The van der Waals surface area contributed by atoms with Crippen LogP contribution >= 0.6 is 0 Å². The number of nitrogens with zero attached hydrogens (tertiary/aromatic N) is 1. The van der Waals surface area contributed by atoms with Gasteiger partial charge in [0.2, 0.25) is 0 Å². The van der Waals surface area contributed by atoms with Gasteiger partial charge in [0.25, 0.3) is 11.8 Å². The average Bonchev–Trinajstić information content (AvgIpc) is 2.96. The van der Waals surface area contributed by atoms with Gasteiger partial charge in [-0.15, -0.1) is 0 Å². The summed E-state index contributed by atoms with van der Waals surface area (Å²) in [6.45, 7) is 0.210. The minimum absolute atomic E-state index is 0.188. The van der Waals surface area contributed by atoms with Gasteiger partial charge >= 0.3 is 0 Å². The van der Waals surface area contributed by atoms with E-state index >= 15 is 0 Å². The maximum atomic E-state index is 11.9. The molecule has 0 unspecified atom stereocenters. The molecule has 0 saturated carbocycles. The molecular weight excluding hydrogens is 260 g/mol. The molecule has 0 aliphatic rings. The van der Waals surface area contributed by atoms with E-state index in [9.17, 15) is 9.59 Å². The van der Waals surface area contributed by atoms with Crippen LogP contribution in [0.1, 0.15) is 15.9 Å². The Morgan fingerprint density at radius 1 is 1.30 bits per heavy atom. The van der Waals surface area contributed by atoms with Gasteiger partial charge in [-0.25, -0.2) is 0 Å². The number of aromatic nitrogens is 2. The minimum atomic E-state index is -0.549. The number of nitrogens with one attached hydrogen (secondary N) is 2. The monoisotopic (exact) mass is 274 g/mol. The summed E-state index contributed by atoms with van der Waals surface area (Å²) < 4.78 is 5.10. The van der Waals surface area contributed by atoms with Gasteiger partial charge in [-0.3, -0.25) is 14.7 Å². The highest BCUT2D eigenvalue weighted by Crippen LogP contribution is 2.12. The number of carbonyl (C=O) groups excluding carboxylic acids is 2. The van der Waals surface area contributed by atoms with Crippen LogP contribution in [0, 0.1) is 0 Å². The smallest absolute Gasteiger partial charge is 0.255 e. The number of amides is 2. The summed E-state index contributed by atoms with van der Waals surface area (Å²) in [6, 6.07) is 6.44. The Bertz CT molecular complexity index is 578. The number of hydrogen-bond acceptors (Lipinski definition) is 4. The maximum absolute atomic E-state index is 11.9. The first-order chi connectivity index (χ1) is 9.65. The van der Waals surface area contributed by atoms with E-state index in [1.54, 1.807) is 36.7 Å². The number of nitrogens with two attached hydrogens (primary N) is 1. The van der Waals surface area contributed by atoms with E-state index in [-0.39, 0.29) is 12.5 Å². The molecule has 4 N–H and O–H groups in total. The summed E-state index contributed by atoms with van der Waals surface area (Å²) in [7, 11) is 0. The number of ether oxygens (including phenoxy) is 1. The Morgan fingerprint density at radius 2 is 2.05 bits per heavy atom. The SMILES string of the molecule is NC(=O)COc1ccc(C(=O)NCc2cn[nH]c2)cc1. The van der Waals surface area contributed by atoms with Crippen LogP contribution in [0.25, 0.3) is 0 Å². The van der Waals surface area contributed by atoms with Crippen molar-refractivity contribution in [3.05, 3.63) is 47.8 Å². The zero-order valence-electron chi connectivity index (χ0n) is 10.6. The highest BCUT2D eigenvalue weighted by molar-refractivity contribution is 5.94. The molecule has 1 heterocycles. The van der Waals surface area contributed by atoms with Crippen molar-refractivity contribution < 1.29 is 14.3 Å². The Balaban J connectivity index is 1.88. The Hall–Kier alpha value is -2.83. The van der Waals surface area contributed by atoms with E-state index in [4.69, 9.17) is 10.5 Å². The molecule has 20 heavy (non-hydrogen) atoms. The second-order valence-corrected chi connectivity index (χ2v) is 4.07. The fraction of sp³-hybridized carbons (Fsp3) is 0.154. The van der Waals surface area contributed by atoms with Crippen molar-refractivity contribution in [3.8, 4) is 5.75 Å². The first-order valence-corrected chi connectivity index (χ1v) is 5.92. The van der Waals surface area contributed by atoms with Gasteiger partial charge in [0, 0.05) is 23.9 Å². The Kier molecular flexibility index (Phi) is 4.33. The molecule has 1 aromatic heterocycles. The zero-order chi connectivity index (χ0) is 14.4. The van der Waals surface area contributed by atoms with Crippen LogP contribution in [-0.2, 0) is 11.3 Å². The van der Waals surface area contributed by atoms with Gasteiger partial charge in [0.15, 0.2) is 6.61 Å². The molecule has 0 atom stereocenters. The molecule has 2 amide bonds. The van der Waals surface area contributed by atoms with Gasteiger partial charge in [-0.1, -0.05) is 0 Å². The van der Waals surface area contributed by atoms with Crippen molar-refractivity contribution in [2.75, 3.05) is 6.61 Å². The Labute approximate surface area is 115 Å². The third-order valence-electron chi connectivity index (χ3n) is 2.51. The van der Waals surface area contributed by atoms with Crippen molar-refractivity contribution >= 4 is 11.8 Å². The number of aromatic amines is 1. The number of rotatable bonds is 6. The van der Waals surface area contributed by atoms with Crippen LogP contribution in [0.2, 0.25) is 0 Å². The third kappa shape index (κ3) is 3.84. The molecule has 0 aliphatic heterocycles. The first-order valence-electron chi connectivity index (χ1n) is 5.92. The fourth-order valence-corrected chi connectivity index (χ4v) is 1.52. The van der Waals surface area contributed by atoms with Crippen molar-refractivity contribution in [1.29, 1.82) is 0 Å². The second-order valence-electron chi connectivity index (χ2n) is 4.07. The summed E-state index contributed by atoms with van der Waals surface area (Å²) in [5.74, 6) is -0.269. The van der Waals surface area contributed by atoms with Crippen LogP contribution in [0.4, 0.5) is 0 Å². The molecule has 104 valence electrons. The minimum Gasteiger partial charge on any atom is -0.484 e. The lowest BCUT2D eigenvalue weighted by molar-refractivity contribution is -0.119. The van der Waals surface area contributed by atoms with Gasteiger partial charge in [-0.05, 0) is 24.3 Å². The van der Waals surface area contributed by atoms with Crippen molar-refractivity contribution in [2.24, 2.45) is 5.73 Å². The number of carbonyl (C=O) groups is 2. The summed E-state index contributed by atoms with van der Waals surface area (Å²) in [4.78, 5) is 22.4. The first kappa shape index (κ1) is 13.6. The summed E-state index contributed by atoms with van der Waals surface area (Å²) in [6.07, 6.45) is 3.35. The lowest BCUT2D eigenvalue weighted by Crippen LogP contribution is -2.22. The van der Waals surface area contributed by atoms with E-state index < -0.39 is 5.91 Å². The van der Waals surface area contributed by atoms with Gasteiger partial charge < -0.3 is 15.8 Å². The van der Waals surface area contributed by atoms with Crippen LogP contribution in [0.3, 0.4) is 0 Å². The zero-order valence-corrected chi connectivity index (χ0v) is 10.6. The van der Waals surface area contributed by atoms with Crippen LogP contribution in [0.5, 0.6) is 5.75 Å². The lowest BCUT2D eigenvalue weighted by Gasteiger charge is -2.06. The van der Waals surface area contributed by atoms with Gasteiger partial charge in [0.1, 0.15) is 5.75 Å². The van der Waals surface area contributed by atoms with Crippen molar-refractivity contribution in [3.63, 3.8) is 0 Å². The van der Waals surface area contributed by atoms with E-state index in [0.29, 0.717) is 17.9 Å². The highest BCUT2D eigenvalue weighted by atomic mass is 16.5. The molecule has 2 aromatic rings. The normalized spacial score (nSPS) is 10.0. The van der Waals surface area contributed by atoms with Crippen molar-refractivity contribution in [1.82, 2.24) is 15.5 Å². The quantitative estimate of drug-likeness (QED) is 0.699. The molecule has 1 aromatic carbocycles. The molecule has 0 fully saturated rings. The molecule has 0 spiro atoms. The topological polar surface area (TPSA) is 110 Å². The number of primary amides is 1. The third-order valence-corrected chi connectivity index (χ3v) is 2.51. The van der Waals surface area contributed by atoms with E-state index in [0.717, 1.165) is 5.56 Å². The van der Waals surface area contributed by atoms with Crippen LogP contribution in [-0.4, -0.2) is 28.6 Å². The van der Waals surface area contributed by atoms with E-state index in [1.165, 1.54) is 0 Å². The number of hydrogen-bond donors (Lipinski definition) is 3. The maximum Gasteiger partial charge on any atom is 0.255 e. The van der Waals surface area contributed by atoms with Gasteiger partial charge in [0.05, 0.1) is 6.20 Å². The largest absolute Gasteiger partial charge is 0.484 e. The number of H-pyrrole nitrogens is 1. The van der Waals surface area contributed by atoms with Crippen LogP contribution in [0.15, 0.2) is 36.7 Å². The highest BCUT2D eigenvalue weighted by Gasteiger charge is 2.06. The number of benzene rings is 1. The predicted molar refractivity (Wildman–Crippen MR) is 70.9 cm³/mol. The fourth-order valence-electron chi connectivity index (χ4n) is 1.52. The summed E-state index contributed by atoms with van der Waals surface area (Å²) >= 11 is 0. The molecule has 2 rings (SSSR count). The summed E-state index contributed by atoms with van der Waals surface area (Å²) in [5, 5.41) is 9.21. The van der Waals surface area contributed by atoms with E-state index in [2.05, 4.69) is 15.5 Å². The Morgan fingerprint density at radius 3 is 2.65 bits per heavy atom. The molecule has 7 nitrogen and oxygen atoms in total. The molecule has 0 radical (unpaired) electrons. The second kappa shape index (κ2) is 6.37. The lowest BCUT2D eigenvalue weighted by atomic mass is 10.2. The van der Waals surface area contributed by atoms with Crippen molar-refractivity contribution in [2.45, 2.75) is 6.54 Å².